The van der Waals surface area contributed by atoms with Gasteiger partial charge in [-0.1, -0.05) is 23.3 Å². The summed E-state index contributed by atoms with van der Waals surface area (Å²) in [5, 5.41) is 21.6. The third-order valence-corrected chi connectivity index (χ3v) is 7.92. The molecule has 0 bridgehead atoms. The van der Waals surface area contributed by atoms with Crippen LogP contribution in [0.1, 0.15) is 26.4 Å². The van der Waals surface area contributed by atoms with E-state index in [1.54, 1.807) is 17.1 Å². The van der Waals surface area contributed by atoms with Crippen molar-refractivity contribution < 1.29 is 18.8 Å². The Morgan fingerprint density at radius 3 is 2.57 bits per heavy atom. The first-order chi connectivity index (χ1) is 23.0. The summed E-state index contributed by atoms with van der Waals surface area (Å²) in [4.78, 5) is 53.9. The van der Waals surface area contributed by atoms with Crippen molar-refractivity contribution in [1.29, 1.82) is 0 Å². The normalized spacial score (nSPS) is 13.2. The number of fused-ring (bicyclic) bond motifs is 1. The molecule has 0 spiro atoms. The average Bonchev–Trinajstić information content (AvgIpc) is 3.90. The van der Waals surface area contributed by atoms with Crippen molar-refractivity contribution in [2.45, 2.75) is 6.42 Å². The van der Waals surface area contributed by atoms with Gasteiger partial charge in [-0.15, -0.1) is 0 Å². The van der Waals surface area contributed by atoms with Crippen LogP contribution in [-0.4, -0.2) is 101 Å². The topological polar surface area (TPSA) is 184 Å². The monoisotopic (exact) mass is 634 g/mol. The molecule has 1 saturated heterocycles. The van der Waals surface area contributed by atoms with E-state index in [9.17, 15) is 14.4 Å². The predicted octanol–water partition coefficient (Wildman–Crippen LogP) is 1.97. The molecule has 1 fully saturated rings. The van der Waals surface area contributed by atoms with Crippen molar-refractivity contribution in [2.75, 3.05) is 37.6 Å². The molecule has 0 radical (unpaired) electrons. The van der Waals surface area contributed by atoms with Crippen molar-refractivity contribution in [2.24, 2.45) is 0 Å². The van der Waals surface area contributed by atoms with Gasteiger partial charge < -0.3 is 20.1 Å². The number of anilines is 1. The zero-order valence-corrected chi connectivity index (χ0v) is 24.8. The van der Waals surface area contributed by atoms with Gasteiger partial charge in [0.1, 0.15) is 17.1 Å². The Bertz CT molecular complexity index is 2070. The van der Waals surface area contributed by atoms with Gasteiger partial charge in [0, 0.05) is 51.3 Å². The fourth-order valence-electron chi connectivity index (χ4n) is 5.49. The number of aromatic nitrogens is 9. The number of amides is 2. The van der Waals surface area contributed by atoms with Crippen LogP contribution in [0.3, 0.4) is 0 Å². The Morgan fingerprint density at radius 2 is 1.79 bits per heavy atom. The fourth-order valence-corrected chi connectivity index (χ4v) is 5.49. The minimum absolute atomic E-state index is 0.0830. The summed E-state index contributed by atoms with van der Waals surface area (Å²) in [5.74, 6) is -2.23. The van der Waals surface area contributed by atoms with Crippen LogP contribution in [0.25, 0.3) is 28.0 Å². The van der Waals surface area contributed by atoms with Crippen LogP contribution in [0.2, 0.25) is 0 Å². The van der Waals surface area contributed by atoms with Crippen LogP contribution in [0.5, 0.6) is 0 Å². The van der Waals surface area contributed by atoms with Crippen molar-refractivity contribution in [3.8, 4) is 17.1 Å². The van der Waals surface area contributed by atoms with E-state index in [-0.39, 0.29) is 52.5 Å². The number of para-hydroxylation sites is 1. The van der Waals surface area contributed by atoms with Gasteiger partial charge in [0.2, 0.25) is 5.95 Å². The van der Waals surface area contributed by atoms with Gasteiger partial charge in [-0.2, -0.15) is 9.78 Å². The predicted molar refractivity (Wildman–Crippen MR) is 166 cm³/mol. The van der Waals surface area contributed by atoms with Crippen molar-refractivity contribution >= 4 is 34.4 Å². The van der Waals surface area contributed by atoms with E-state index in [0.717, 1.165) is 17.4 Å². The zero-order chi connectivity index (χ0) is 32.3. The highest BCUT2D eigenvalue weighted by atomic mass is 19.1. The number of ketones is 1. The molecule has 236 valence electrons. The van der Waals surface area contributed by atoms with Crippen LogP contribution in [0, 0.1) is 5.82 Å². The number of nitrogens with zero attached hydrogens (tertiary/aromatic N) is 9. The Morgan fingerprint density at radius 1 is 1.00 bits per heavy atom. The van der Waals surface area contributed by atoms with Gasteiger partial charge >= 0.3 is 0 Å². The minimum atomic E-state index is -0.855. The molecule has 7 rings (SSSR count). The number of carbonyl (C=O) groups is 3. The zero-order valence-electron chi connectivity index (χ0n) is 24.8. The number of hydrogen-bond acceptors (Lipinski definition) is 10. The molecular formula is C31H27FN12O3. The number of aromatic amines is 2. The number of pyridine rings is 2. The molecule has 0 aliphatic carbocycles. The second kappa shape index (κ2) is 12.6. The molecule has 1 aliphatic heterocycles. The second-order valence-electron chi connectivity index (χ2n) is 10.8. The lowest BCUT2D eigenvalue weighted by Gasteiger charge is -2.34. The van der Waals surface area contributed by atoms with Gasteiger partial charge in [0.25, 0.3) is 17.6 Å². The molecule has 2 amide bonds. The van der Waals surface area contributed by atoms with E-state index in [0.29, 0.717) is 32.0 Å². The van der Waals surface area contributed by atoms with Crippen LogP contribution in [0.4, 0.5) is 10.3 Å². The van der Waals surface area contributed by atoms with E-state index >= 15 is 4.39 Å². The van der Waals surface area contributed by atoms with Crippen LogP contribution in [0.15, 0.2) is 73.3 Å². The molecule has 0 unspecified atom stereocenters. The second-order valence-corrected chi connectivity index (χ2v) is 10.8. The fraction of sp³-hybridized carbons (Fsp3) is 0.194. The van der Waals surface area contributed by atoms with Crippen LogP contribution < -0.4 is 10.2 Å². The Balaban J connectivity index is 1.03. The van der Waals surface area contributed by atoms with Gasteiger partial charge in [-0.05, 0) is 52.7 Å². The maximum atomic E-state index is 15.2. The number of piperazine rings is 1. The molecule has 6 heterocycles. The molecule has 5 aromatic heterocycles. The van der Waals surface area contributed by atoms with Crippen molar-refractivity contribution in [1.82, 2.24) is 55.6 Å². The largest absolute Gasteiger partial charge is 0.359 e. The number of carbonyl (C=O) groups excluding carboxylic acids is 3. The van der Waals surface area contributed by atoms with Crippen LogP contribution >= 0.6 is 0 Å². The van der Waals surface area contributed by atoms with E-state index in [4.69, 9.17) is 0 Å². The van der Waals surface area contributed by atoms with E-state index < -0.39 is 17.5 Å². The van der Waals surface area contributed by atoms with Gasteiger partial charge in [-0.3, -0.25) is 24.5 Å². The standard InChI is InChI=1S/C31H27FN12O3/c32-22-18-36-26(23-16-24(38-37-23)29(46)34-11-8-19-6-9-33-10-7-19)27-25(22)21(17-35-27)28(45)30(47)42-12-14-43(15-13-42)31-39-40-41-44(31)20-4-2-1-3-5-20/h1-7,9-10,16-18,35H,8,11-15H2,(H,34,46)(H,37,38). The van der Waals surface area contributed by atoms with Gasteiger partial charge in [-0.25, -0.2) is 9.37 Å². The molecule has 47 heavy (non-hydrogen) atoms. The first-order valence-corrected chi connectivity index (χ1v) is 14.8. The number of tetrazole rings is 1. The number of benzene rings is 1. The first-order valence-electron chi connectivity index (χ1n) is 14.8. The molecule has 0 saturated carbocycles. The summed E-state index contributed by atoms with van der Waals surface area (Å²) in [6, 6.07) is 14.7. The summed E-state index contributed by atoms with van der Waals surface area (Å²) in [6.07, 6.45) is 6.25. The van der Waals surface area contributed by atoms with E-state index in [2.05, 4.69) is 46.0 Å². The third-order valence-electron chi connectivity index (χ3n) is 7.92. The molecule has 0 atom stereocenters. The van der Waals surface area contributed by atoms with Crippen molar-refractivity contribution in [3.63, 3.8) is 0 Å². The molecule has 1 aromatic carbocycles. The SMILES string of the molecule is O=C(NCCc1ccncc1)c1cc(-c2ncc(F)c3c(C(=O)C(=O)N4CCN(c5nnnn5-c5ccccc5)CC4)c[nH]c23)n[nH]1. The molecule has 3 N–H and O–H groups in total. The maximum absolute atomic E-state index is 15.2. The summed E-state index contributed by atoms with van der Waals surface area (Å²) in [6.45, 7) is 1.66. The quantitative estimate of drug-likeness (QED) is 0.157. The van der Waals surface area contributed by atoms with E-state index in [1.165, 1.54) is 17.2 Å². The summed E-state index contributed by atoms with van der Waals surface area (Å²) < 4.78 is 16.8. The highest BCUT2D eigenvalue weighted by Crippen LogP contribution is 2.30. The highest BCUT2D eigenvalue weighted by Gasteiger charge is 2.31. The number of Topliss-reactive ketones (excluding diaryl/α,β-unsaturated/α-hetero) is 1. The molecule has 1 aliphatic rings. The Labute approximate surface area is 265 Å². The maximum Gasteiger partial charge on any atom is 0.295 e. The van der Waals surface area contributed by atoms with E-state index in [1.807, 2.05) is 47.4 Å². The number of halogens is 1. The Kier molecular flexibility index (Phi) is 7.87. The molecular weight excluding hydrogens is 607 g/mol. The minimum Gasteiger partial charge on any atom is -0.359 e. The highest BCUT2D eigenvalue weighted by molar-refractivity contribution is 6.45. The smallest absolute Gasteiger partial charge is 0.295 e. The number of rotatable bonds is 9. The lowest BCUT2D eigenvalue weighted by molar-refractivity contribution is -0.126. The number of hydrogen-bond donors (Lipinski definition) is 3. The molecule has 16 heteroatoms. The summed E-state index contributed by atoms with van der Waals surface area (Å²) in [7, 11) is 0. The lowest BCUT2D eigenvalue weighted by atomic mass is 10.1. The lowest BCUT2D eigenvalue weighted by Crippen LogP contribution is -2.51. The van der Waals surface area contributed by atoms with Crippen molar-refractivity contribution in [3.05, 3.63) is 96.0 Å². The number of nitrogens with one attached hydrogen (secondary N) is 3. The van der Waals surface area contributed by atoms with Gasteiger partial charge in [0.05, 0.1) is 28.4 Å². The Hall–Kier alpha value is -6.32. The molecule has 6 aromatic rings. The molecule has 15 nitrogen and oxygen atoms in total. The summed E-state index contributed by atoms with van der Waals surface area (Å²) in [5.41, 5.74) is 2.54. The third kappa shape index (κ3) is 5.79. The summed E-state index contributed by atoms with van der Waals surface area (Å²) >= 11 is 0. The van der Waals surface area contributed by atoms with Gasteiger partial charge in [0.15, 0.2) is 5.82 Å². The first kappa shape index (κ1) is 29.4. The number of H-pyrrole nitrogens is 2. The van der Waals surface area contributed by atoms with Crippen LogP contribution in [-0.2, 0) is 11.2 Å². The average molecular weight is 635 g/mol.